The third-order valence-corrected chi connectivity index (χ3v) is 4.12. The number of rotatable bonds is 4. The zero-order chi connectivity index (χ0) is 9.26. The Hall–Kier alpha value is -0.0800. The van der Waals surface area contributed by atoms with Gasteiger partial charge in [-0.3, -0.25) is 11.3 Å². The van der Waals surface area contributed by atoms with Crippen molar-refractivity contribution in [2.75, 3.05) is 0 Å². The molecular weight excluding hydrogens is 160 g/mol. The molecule has 0 amide bonds. The van der Waals surface area contributed by atoms with Crippen molar-refractivity contribution in [3.63, 3.8) is 0 Å². The highest BCUT2D eigenvalue weighted by Crippen LogP contribution is 2.49. The minimum atomic E-state index is 0.597. The van der Waals surface area contributed by atoms with Crippen molar-refractivity contribution in [3.05, 3.63) is 0 Å². The molecule has 2 aliphatic carbocycles. The van der Waals surface area contributed by atoms with Gasteiger partial charge in [0.1, 0.15) is 0 Å². The standard InChI is InChI=1S/C11H22N2/c1-2-3-11(13-12)10-7-8-4-5-9(10)6-8/h8-11,13H,2-7,12H2,1H3. The maximum atomic E-state index is 5.62. The molecule has 2 nitrogen and oxygen atoms in total. The van der Waals surface area contributed by atoms with Crippen LogP contribution in [0.3, 0.4) is 0 Å². The predicted molar refractivity (Wildman–Crippen MR) is 55.0 cm³/mol. The summed E-state index contributed by atoms with van der Waals surface area (Å²) in [6.45, 7) is 2.25. The fourth-order valence-electron chi connectivity index (χ4n) is 3.52. The van der Waals surface area contributed by atoms with Gasteiger partial charge in [-0.1, -0.05) is 19.8 Å². The lowest BCUT2D eigenvalue weighted by Crippen LogP contribution is -2.42. The highest BCUT2D eigenvalue weighted by Gasteiger charge is 2.42. The highest BCUT2D eigenvalue weighted by molar-refractivity contribution is 4.94. The summed E-state index contributed by atoms with van der Waals surface area (Å²) in [6, 6.07) is 0.597. The summed E-state index contributed by atoms with van der Waals surface area (Å²) >= 11 is 0. The Morgan fingerprint density at radius 1 is 1.38 bits per heavy atom. The van der Waals surface area contributed by atoms with Gasteiger partial charge >= 0.3 is 0 Å². The molecule has 0 aliphatic heterocycles. The quantitative estimate of drug-likeness (QED) is 0.516. The van der Waals surface area contributed by atoms with Gasteiger partial charge in [0.05, 0.1) is 0 Å². The van der Waals surface area contributed by atoms with E-state index in [2.05, 4.69) is 12.3 Å². The summed E-state index contributed by atoms with van der Waals surface area (Å²) in [7, 11) is 0. The molecular formula is C11H22N2. The van der Waals surface area contributed by atoms with Crippen molar-refractivity contribution in [2.45, 2.75) is 51.5 Å². The first-order valence-electron chi connectivity index (χ1n) is 5.81. The Kier molecular flexibility index (Phi) is 2.89. The van der Waals surface area contributed by atoms with Gasteiger partial charge in [0.2, 0.25) is 0 Å². The Morgan fingerprint density at radius 2 is 2.23 bits per heavy atom. The number of fused-ring (bicyclic) bond motifs is 2. The Morgan fingerprint density at radius 3 is 2.69 bits per heavy atom. The smallest absolute Gasteiger partial charge is 0.0241 e. The Bertz CT molecular complexity index is 169. The average molecular weight is 182 g/mol. The van der Waals surface area contributed by atoms with Gasteiger partial charge < -0.3 is 0 Å². The van der Waals surface area contributed by atoms with Gasteiger partial charge in [0.15, 0.2) is 0 Å². The molecule has 0 aromatic rings. The predicted octanol–water partition coefficient (Wildman–Crippen LogP) is 2.05. The molecule has 0 radical (unpaired) electrons. The van der Waals surface area contributed by atoms with E-state index >= 15 is 0 Å². The van der Waals surface area contributed by atoms with Gasteiger partial charge in [-0.15, -0.1) is 0 Å². The van der Waals surface area contributed by atoms with E-state index in [9.17, 15) is 0 Å². The van der Waals surface area contributed by atoms with E-state index in [4.69, 9.17) is 5.84 Å². The third kappa shape index (κ3) is 1.75. The zero-order valence-electron chi connectivity index (χ0n) is 8.63. The van der Waals surface area contributed by atoms with Crippen LogP contribution in [0.2, 0.25) is 0 Å². The van der Waals surface area contributed by atoms with Gasteiger partial charge in [-0.2, -0.15) is 0 Å². The zero-order valence-corrected chi connectivity index (χ0v) is 8.63. The molecule has 76 valence electrons. The molecule has 0 aromatic carbocycles. The second kappa shape index (κ2) is 3.97. The third-order valence-electron chi connectivity index (χ3n) is 4.12. The van der Waals surface area contributed by atoms with E-state index in [0.29, 0.717) is 6.04 Å². The second-order valence-electron chi connectivity index (χ2n) is 4.90. The first kappa shape index (κ1) is 9.47. The van der Waals surface area contributed by atoms with Crippen LogP contribution in [0.1, 0.15) is 45.4 Å². The van der Waals surface area contributed by atoms with Gasteiger partial charge in [0, 0.05) is 6.04 Å². The molecule has 13 heavy (non-hydrogen) atoms. The van der Waals surface area contributed by atoms with Crippen LogP contribution in [0.15, 0.2) is 0 Å². The van der Waals surface area contributed by atoms with Crippen LogP contribution in [0.25, 0.3) is 0 Å². The van der Waals surface area contributed by atoms with Crippen LogP contribution in [0.4, 0.5) is 0 Å². The molecule has 4 unspecified atom stereocenters. The molecule has 0 saturated heterocycles. The molecule has 2 heteroatoms. The van der Waals surface area contributed by atoms with Crippen molar-refractivity contribution >= 4 is 0 Å². The lowest BCUT2D eigenvalue weighted by Gasteiger charge is -2.29. The van der Waals surface area contributed by atoms with E-state index < -0.39 is 0 Å². The summed E-state index contributed by atoms with van der Waals surface area (Å²) in [5, 5.41) is 0. The molecule has 2 bridgehead atoms. The fourth-order valence-corrected chi connectivity index (χ4v) is 3.52. The van der Waals surface area contributed by atoms with Crippen LogP contribution in [-0.4, -0.2) is 6.04 Å². The van der Waals surface area contributed by atoms with E-state index in [1.165, 1.54) is 38.5 Å². The minimum Gasteiger partial charge on any atom is -0.271 e. The van der Waals surface area contributed by atoms with Crippen molar-refractivity contribution in [3.8, 4) is 0 Å². The largest absolute Gasteiger partial charge is 0.271 e. The maximum absolute atomic E-state index is 5.62. The SMILES string of the molecule is CCCC(NN)C1CC2CCC1C2. The van der Waals surface area contributed by atoms with E-state index in [0.717, 1.165) is 17.8 Å². The minimum absolute atomic E-state index is 0.597. The van der Waals surface area contributed by atoms with E-state index in [1.54, 1.807) is 0 Å². The van der Waals surface area contributed by atoms with Crippen LogP contribution in [0, 0.1) is 17.8 Å². The molecule has 3 N–H and O–H groups in total. The van der Waals surface area contributed by atoms with Crippen molar-refractivity contribution in [2.24, 2.45) is 23.6 Å². The first-order chi connectivity index (χ1) is 6.35. The normalized spacial score (nSPS) is 39.7. The molecule has 2 fully saturated rings. The lowest BCUT2D eigenvalue weighted by molar-refractivity contribution is 0.239. The molecule has 0 spiro atoms. The summed E-state index contributed by atoms with van der Waals surface area (Å²) in [4.78, 5) is 0. The monoisotopic (exact) mass is 182 g/mol. The van der Waals surface area contributed by atoms with Gasteiger partial charge in [0.25, 0.3) is 0 Å². The highest BCUT2D eigenvalue weighted by atomic mass is 15.2. The van der Waals surface area contributed by atoms with E-state index in [1.807, 2.05) is 0 Å². The molecule has 2 rings (SSSR count). The Labute approximate surface area is 81.2 Å². The average Bonchev–Trinajstić information content (AvgIpc) is 2.74. The molecule has 0 aromatic heterocycles. The van der Waals surface area contributed by atoms with Crippen molar-refractivity contribution in [1.82, 2.24) is 5.43 Å². The van der Waals surface area contributed by atoms with Crippen LogP contribution in [-0.2, 0) is 0 Å². The molecule has 0 heterocycles. The lowest BCUT2D eigenvalue weighted by atomic mass is 9.82. The maximum Gasteiger partial charge on any atom is 0.0241 e. The Balaban J connectivity index is 1.92. The van der Waals surface area contributed by atoms with Crippen LogP contribution in [0.5, 0.6) is 0 Å². The number of hydrogen-bond acceptors (Lipinski definition) is 2. The van der Waals surface area contributed by atoms with Crippen LogP contribution < -0.4 is 11.3 Å². The number of hydrogen-bond donors (Lipinski definition) is 2. The van der Waals surface area contributed by atoms with Gasteiger partial charge in [-0.25, -0.2) is 0 Å². The molecule has 2 aliphatic rings. The van der Waals surface area contributed by atoms with E-state index in [-0.39, 0.29) is 0 Å². The summed E-state index contributed by atoms with van der Waals surface area (Å²) in [5.41, 5.74) is 3.03. The number of nitrogens with two attached hydrogens (primary N) is 1. The first-order valence-corrected chi connectivity index (χ1v) is 5.81. The van der Waals surface area contributed by atoms with Crippen LogP contribution >= 0.6 is 0 Å². The number of nitrogens with one attached hydrogen (secondary N) is 1. The summed E-state index contributed by atoms with van der Waals surface area (Å²) in [5.74, 6) is 8.55. The summed E-state index contributed by atoms with van der Waals surface area (Å²) in [6.07, 6.45) is 8.40. The van der Waals surface area contributed by atoms with Gasteiger partial charge in [-0.05, 0) is 43.4 Å². The van der Waals surface area contributed by atoms with Crippen molar-refractivity contribution < 1.29 is 0 Å². The second-order valence-corrected chi connectivity index (χ2v) is 4.90. The van der Waals surface area contributed by atoms with Crippen molar-refractivity contribution in [1.29, 1.82) is 0 Å². The topological polar surface area (TPSA) is 38.0 Å². The summed E-state index contributed by atoms with van der Waals surface area (Å²) < 4.78 is 0. The fraction of sp³-hybridized carbons (Fsp3) is 1.00. The molecule has 2 saturated carbocycles. The number of hydrazine groups is 1. The molecule has 4 atom stereocenters.